The number of unbranched alkanes of at least 4 members (excludes halogenated alkanes) is 7. The Morgan fingerprint density at radius 1 is 1.00 bits per heavy atom. The lowest BCUT2D eigenvalue weighted by Gasteiger charge is -1.98. The summed E-state index contributed by atoms with van der Waals surface area (Å²) in [6.45, 7) is 8.15. The van der Waals surface area contributed by atoms with Gasteiger partial charge >= 0.3 is 0 Å². The molecule has 0 aliphatic rings. The maximum Gasteiger partial charge on any atom is -0.0348 e. The van der Waals surface area contributed by atoms with Crippen molar-refractivity contribution < 1.29 is 0 Å². The zero-order chi connectivity index (χ0) is 10.6. The first-order valence-electron chi connectivity index (χ1n) is 6.09. The molecule has 0 aromatic rings. The van der Waals surface area contributed by atoms with Gasteiger partial charge in [-0.3, -0.25) is 0 Å². The monoisotopic (exact) mass is 194 g/mol. The minimum Gasteiger partial charge on any atom is -0.0961 e. The molecule has 0 radical (unpaired) electrons. The second-order valence-electron chi connectivity index (χ2n) is 4.16. The van der Waals surface area contributed by atoms with Gasteiger partial charge in [0.2, 0.25) is 0 Å². The van der Waals surface area contributed by atoms with Gasteiger partial charge in [0.1, 0.15) is 0 Å². The lowest BCUT2D eigenvalue weighted by atomic mass is 10.1. The molecule has 0 heteroatoms. The second-order valence-corrected chi connectivity index (χ2v) is 4.16. The van der Waals surface area contributed by atoms with E-state index in [-0.39, 0.29) is 0 Å². The van der Waals surface area contributed by atoms with Crippen molar-refractivity contribution in [1.82, 2.24) is 0 Å². The van der Waals surface area contributed by atoms with Gasteiger partial charge in [0.25, 0.3) is 0 Å². The Morgan fingerprint density at radius 3 is 2.14 bits per heavy atom. The fourth-order valence-corrected chi connectivity index (χ4v) is 1.50. The summed E-state index contributed by atoms with van der Waals surface area (Å²) in [5.41, 5.74) is 1.16. The van der Waals surface area contributed by atoms with Gasteiger partial charge in [-0.05, 0) is 19.8 Å². The standard InChI is InChI=1S/C14H26/c1-4-5-6-7-8-9-10-11-12-13-14(2)3/h12-13H,2,4-11H2,1,3H3. The molecule has 0 aromatic carbocycles. The lowest BCUT2D eigenvalue weighted by Crippen LogP contribution is -1.78. The summed E-state index contributed by atoms with van der Waals surface area (Å²) >= 11 is 0. The summed E-state index contributed by atoms with van der Waals surface area (Å²) in [4.78, 5) is 0. The molecule has 14 heavy (non-hydrogen) atoms. The lowest BCUT2D eigenvalue weighted by molar-refractivity contribution is 0.592. The molecule has 0 amide bonds. The van der Waals surface area contributed by atoms with Crippen molar-refractivity contribution in [2.75, 3.05) is 0 Å². The first kappa shape index (κ1) is 13.5. The van der Waals surface area contributed by atoms with E-state index in [1.807, 2.05) is 6.92 Å². The van der Waals surface area contributed by atoms with Gasteiger partial charge in [0.05, 0.1) is 0 Å². The van der Waals surface area contributed by atoms with Crippen LogP contribution in [0.1, 0.15) is 65.2 Å². The van der Waals surface area contributed by atoms with Crippen molar-refractivity contribution in [3.63, 3.8) is 0 Å². The molecule has 0 unspecified atom stereocenters. The molecule has 0 fully saturated rings. The predicted molar refractivity (Wildman–Crippen MR) is 66.6 cm³/mol. The molecule has 0 bridgehead atoms. The Kier molecular flexibility index (Phi) is 10.2. The van der Waals surface area contributed by atoms with Crippen LogP contribution in [0.5, 0.6) is 0 Å². The Morgan fingerprint density at radius 2 is 1.57 bits per heavy atom. The molecule has 0 spiro atoms. The summed E-state index contributed by atoms with van der Waals surface area (Å²) in [5, 5.41) is 0. The van der Waals surface area contributed by atoms with Crippen LogP contribution in [-0.2, 0) is 0 Å². The Bertz CT molecular complexity index is 153. The van der Waals surface area contributed by atoms with E-state index < -0.39 is 0 Å². The van der Waals surface area contributed by atoms with Crippen LogP contribution in [0, 0.1) is 0 Å². The van der Waals surface area contributed by atoms with Crippen LogP contribution < -0.4 is 0 Å². The third-order valence-corrected chi connectivity index (χ3v) is 2.38. The normalized spacial score (nSPS) is 11.0. The van der Waals surface area contributed by atoms with E-state index in [0.717, 1.165) is 5.57 Å². The van der Waals surface area contributed by atoms with Crippen molar-refractivity contribution in [1.29, 1.82) is 0 Å². The number of hydrogen-bond acceptors (Lipinski definition) is 0. The van der Waals surface area contributed by atoms with E-state index in [9.17, 15) is 0 Å². The van der Waals surface area contributed by atoms with Gasteiger partial charge in [-0.1, -0.05) is 69.8 Å². The predicted octanol–water partition coefficient (Wildman–Crippen LogP) is 5.26. The van der Waals surface area contributed by atoms with E-state index in [1.165, 1.54) is 51.4 Å². The van der Waals surface area contributed by atoms with E-state index in [2.05, 4.69) is 25.7 Å². The molecule has 0 aliphatic carbocycles. The van der Waals surface area contributed by atoms with E-state index in [0.29, 0.717) is 0 Å². The van der Waals surface area contributed by atoms with Crippen molar-refractivity contribution in [2.45, 2.75) is 65.2 Å². The van der Waals surface area contributed by atoms with Crippen molar-refractivity contribution >= 4 is 0 Å². The zero-order valence-corrected chi connectivity index (χ0v) is 10.0. The smallest absolute Gasteiger partial charge is 0.0348 e. The van der Waals surface area contributed by atoms with Crippen LogP contribution >= 0.6 is 0 Å². The van der Waals surface area contributed by atoms with Crippen LogP contribution in [0.3, 0.4) is 0 Å². The summed E-state index contributed by atoms with van der Waals surface area (Å²) in [6.07, 6.45) is 15.4. The van der Waals surface area contributed by atoms with Gasteiger partial charge in [-0.15, -0.1) is 0 Å². The van der Waals surface area contributed by atoms with Crippen LogP contribution in [0.15, 0.2) is 24.3 Å². The summed E-state index contributed by atoms with van der Waals surface area (Å²) in [6, 6.07) is 0. The van der Waals surface area contributed by atoms with Crippen molar-refractivity contribution in [3.8, 4) is 0 Å². The largest absolute Gasteiger partial charge is 0.0961 e. The highest BCUT2D eigenvalue weighted by Gasteiger charge is 1.88. The molecule has 0 saturated carbocycles. The number of hydrogen-bond donors (Lipinski definition) is 0. The van der Waals surface area contributed by atoms with E-state index in [4.69, 9.17) is 0 Å². The molecular formula is C14H26. The number of allylic oxidation sites excluding steroid dienone is 3. The second kappa shape index (κ2) is 10.6. The van der Waals surface area contributed by atoms with E-state index >= 15 is 0 Å². The molecule has 0 saturated heterocycles. The quantitative estimate of drug-likeness (QED) is 0.347. The highest BCUT2D eigenvalue weighted by Crippen LogP contribution is 2.08. The van der Waals surface area contributed by atoms with Gasteiger partial charge < -0.3 is 0 Å². The Balaban J connectivity index is 3.02. The van der Waals surface area contributed by atoms with Crippen molar-refractivity contribution in [2.24, 2.45) is 0 Å². The SMILES string of the molecule is C=C(C)C=CCCCCCCCCC. The van der Waals surface area contributed by atoms with Crippen LogP contribution in [0.4, 0.5) is 0 Å². The average molecular weight is 194 g/mol. The Labute approximate surface area is 90.1 Å². The minimum absolute atomic E-state index is 1.16. The maximum atomic E-state index is 3.84. The van der Waals surface area contributed by atoms with Gasteiger partial charge in [-0.2, -0.15) is 0 Å². The fraction of sp³-hybridized carbons (Fsp3) is 0.714. The molecule has 0 atom stereocenters. The van der Waals surface area contributed by atoms with Gasteiger partial charge in [-0.25, -0.2) is 0 Å². The summed E-state index contributed by atoms with van der Waals surface area (Å²) < 4.78 is 0. The molecule has 0 aliphatic heterocycles. The van der Waals surface area contributed by atoms with Gasteiger partial charge in [0.15, 0.2) is 0 Å². The van der Waals surface area contributed by atoms with E-state index in [1.54, 1.807) is 0 Å². The van der Waals surface area contributed by atoms with Crippen LogP contribution in [0.2, 0.25) is 0 Å². The molecule has 0 rings (SSSR count). The molecule has 0 nitrogen and oxygen atoms in total. The maximum absolute atomic E-state index is 3.84. The highest BCUT2D eigenvalue weighted by atomic mass is 13.9. The first-order valence-corrected chi connectivity index (χ1v) is 6.09. The van der Waals surface area contributed by atoms with Crippen LogP contribution in [0.25, 0.3) is 0 Å². The molecular weight excluding hydrogens is 168 g/mol. The zero-order valence-electron chi connectivity index (χ0n) is 10.0. The summed E-state index contributed by atoms with van der Waals surface area (Å²) in [5.74, 6) is 0. The highest BCUT2D eigenvalue weighted by molar-refractivity contribution is 5.10. The molecule has 0 heterocycles. The molecule has 0 aromatic heterocycles. The topological polar surface area (TPSA) is 0 Å². The summed E-state index contributed by atoms with van der Waals surface area (Å²) in [7, 11) is 0. The van der Waals surface area contributed by atoms with Crippen molar-refractivity contribution in [3.05, 3.63) is 24.3 Å². The number of rotatable bonds is 9. The minimum atomic E-state index is 1.16. The first-order chi connectivity index (χ1) is 6.77. The molecule has 0 N–H and O–H groups in total. The molecule has 82 valence electrons. The fourth-order valence-electron chi connectivity index (χ4n) is 1.50. The van der Waals surface area contributed by atoms with Gasteiger partial charge in [0, 0.05) is 0 Å². The third kappa shape index (κ3) is 11.5. The third-order valence-electron chi connectivity index (χ3n) is 2.38. The Hall–Kier alpha value is -0.520. The van der Waals surface area contributed by atoms with Crippen LogP contribution in [-0.4, -0.2) is 0 Å². The average Bonchev–Trinajstić information content (AvgIpc) is 2.15.